The SMILES string of the molecule is O=C1COc2ccc(OC(=O)/C=C/c3cccc(OCc4ccccc4)c3)cc2N1. The van der Waals surface area contributed by atoms with E-state index < -0.39 is 5.97 Å². The largest absolute Gasteiger partial charge is 0.489 e. The van der Waals surface area contributed by atoms with Crippen molar-refractivity contribution in [3.8, 4) is 17.2 Å². The van der Waals surface area contributed by atoms with Crippen LogP contribution in [0.15, 0.2) is 78.9 Å². The van der Waals surface area contributed by atoms with Gasteiger partial charge in [-0.05, 0) is 41.5 Å². The molecule has 0 aliphatic carbocycles. The van der Waals surface area contributed by atoms with Gasteiger partial charge in [0.25, 0.3) is 5.91 Å². The smallest absolute Gasteiger partial charge is 0.336 e. The molecule has 1 N–H and O–H groups in total. The van der Waals surface area contributed by atoms with Gasteiger partial charge >= 0.3 is 5.97 Å². The van der Waals surface area contributed by atoms with Crippen LogP contribution in [0.25, 0.3) is 6.08 Å². The first-order valence-electron chi connectivity index (χ1n) is 9.39. The minimum atomic E-state index is -0.534. The molecule has 0 unspecified atom stereocenters. The average Bonchev–Trinajstić information content (AvgIpc) is 2.77. The summed E-state index contributed by atoms with van der Waals surface area (Å²) in [7, 11) is 0. The van der Waals surface area contributed by atoms with E-state index >= 15 is 0 Å². The predicted molar refractivity (Wildman–Crippen MR) is 112 cm³/mol. The van der Waals surface area contributed by atoms with Gasteiger partial charge in [0.2, 0.25) is 0 Å². The zero-order valence-corrected chi connectivity index (χ0v) is 16.0. The summed E-state index contributed by atoms with van der Waals surface area (Å²) in [4.78, 5) is 23.6. The van der Waals surface area contributed by atoms with Gasteiger partial charge in [-0.3, -0.25) is 4.79 Å². The number of nitrogens with one attached hydrogen (secondary N) is 1. The number of esters is 1. The summed E-state index contributed by atoms with van der Waals surface area (Å²) >= 11 is 0. The molecule has 30 heavy (non-hydrogen) atoms. The Balaban J connectivity index is 1.36. The van der Waals surface area contributed by atoms with Gasteiger partial charge in [-0.25, -0.2) is 4.79 Å². The van der Waals surface area contributed by atoms with Crippen molar-refractivity contribution in [3.05, 3.63) is 90.0 Å². The van der Waals surface area contributed by atoms with Gasteiger partial charge in [-0.2, -0.15) is 0 Å². The quantitative estimate of drug-likeness (QED) is 0.380. The highest BCUT2D eigenvalue weighted by Gasteiger charge is 2.16. The van der Waals surface area contributed by atoms with Crippen LogP contribution in [0, 0.1) is 0 Å². The molecule has 1 heterocycles. The van der Waals surface area contributed by atoms with E-state index in [-0.39, 0.29) is 12.5 Å². The first-order chi connectivity index (χ1) is 14.7. The van der Waals surface area contributed by atoms with Crippen LogP contribution >= 0.6 is 0 Å². The summed E-state index contributed by atoms with van der Waals surface area (Å²) in [5.41, 5.74) is 2.36. The Kier molecular flexibility index (Phi) is 5.75. The Labute approximate surface area is 173 Å². The lowest BCUT2D eigenvalue weighted by atomic mass is 10.2. The van der Waals surface area contributed by atoms with E-state index in [1.54, 1.807) is 24.3 Å². The molecule has 0 saturated heterocycles. The number of hydrogen-bond acceptors (Lipinski definition) is 5. The molecule has 0 bridgehead atoms. The highest BCUT2D eigenvalue weighted by Crippen LogP contribution is 2.31. The number of carbonyl (C=O) groups excluding carboxylic acids is 2. The van der Waals surface area contributed by atoms with E-state index in [2.05, 4.69) is 5.32 Å². The lowest BCUT2D eigenvalue weighted by molar-refractivity contribution is -0.128. The summed E-state index contributed by atoms with van der Waals surface area (Å²) in [6.45, 7) is 0.442. The molecular weight excluding hydrogens is 382 g/mol. The van der Waals surface area contributed by atoms with Crippen LogP contribution in [0.2, 0.25) is 0 Å². The van der Waals surface area contributed by atoms with Gasteiger partial charge in [-0.15, -0.1) is 0 Å². The van der Waals surface area contributed by atoms with E-state index in [4.69, 9.17) is 14.2 Å². The third-order valence-corrected chi connectivity index (χ3v) is 4.32. The number of hydrogen-bond donors (Lipinski definition) is 1. The van der Waals surface area contributed by atoms with Crippen molar-refractivity contribution < 1.29 is 23.8 Å². The van der Waals surface area contributed by atoms with Crippen LogP contribution in [0.4, 0.5) is 5.69 Å². The van der Waals surface area contributed by atoms with Crippen molar-refractivity contribution in [2.75, 3.05) is 11.9 Å². The van der Waals surface area contributed by atoms with E-state index in [1.807, 2.05) is 54.6 Å². The second kappa shape index (κ2) is 8.96. The van der Waals surface area contributed by atoms with Crippen LogP contribution in [-0.4, -0.2) is 18.5 Å². The Morgan fingerprint density at radius 1 is 1.00 bits per heavy atom. The first kappa shape index (κ1) is 19.3. The highest BCUT2D eigenvalue weighted by molar-refractivity contribution is 5.96. The summed E-state index contributed by atoms with van der Waals surface area (Å²) in [6, 6.07) is 22.1. The number of fused-ring (bicyclic) bond motifs is 1. The molecule has 6 nitrogen and oxygen atoms in total. The Morgan fingerprint density at radius 3 is 2.73 bits per heavy atom. The molecular formula is C24H19NO5. The molecule has 1 aliphatic rings. The van der Waals surface area contributed by atoms with Crippen molar-refractivity contribution in [2.24, 2.45) is 0 Å². The second-order valence-corrected chi connectivity index (χ2v) is 6.60. The van der Waals surface area contributed by atoms with Crippen molar-refractivity contribution in [3.63, 3.8) is 0 Å². The molecule has 1 amide bonds. The van der Waals surface area contributed by atoms with E-state index in [9.17, 15) is 9.59 Å². The van der Waals surface area contributed by atoms with Crippen LogP contribution < -0.4 is 19.5 Å². The molecule has 4 rings (SSSR count). The molecule has 0 saturated carbocycles. The fourth-order valence-corrected chi connectivity index (χ4v) is 2.89. The highest BCUT2D eigenvalue weighted by atomic mass is 16.5. The first-order valence-corrected chi connectivity index (χ1v) is 9.39. The van der Waals surface area contributed by atoms with Crippen molar-refractivity contribution in [1.82, 2.24) is 0 Å². The number of anilines is 1. The second-order valence-electron chi connectivity index (χ2n) is 6.60. The monoisotopic (exact) mass is 401 g/mol. The van der Waals surface area contributed by atoms with Gasteiger partial charge in [0.15, 0.2) is 6.61 Å². The third kappa shape index (κ3) is 5.05. The molecule has 3 aromatic rings. The van der Waals surface area contributed by atoms with Crippen molar-refractivity contribution in [1.29, 1.82) is 0 Å². The molecule has 0 spiro atoms. The molecule has 3 aromatic carbocycles. The molecule has 0 radical (unpaired) electrons. The maximum Gasteiger partial charge on any atom is 0.336 e. The zero-order valence-electron chi connectivity index (χ0n) is 16.0. The van der Waals surface area contributed by atoms with E-state index in [0.29, 0.717) is 29.5 Å². The maximum atomic E-state index is 12.2. The predicted octanol–water partition coefficient (Wildman–Crippen LogP) is 4.22. The normalized spacial score (nSPS) is 12.6. The number of rotatable bonds is 6. The maximum absolute atomic E-state index is 12.2. The number of amides is 1. The average molecular weight is 401 g/mol. The molecule has 1 aliphatic heterocycles. The van der Waals surface area contributed by atoms with Crippen LogP contribution in [-0.2, 0) is 16.2 Å². The van der Waals surface area contributed by atoms with Gasteiger partial charge in [0.1, 0.15) is 23.9 Å². The van der Waals surface area contributed by atoms with E-state index in [0.717, 1.165) is 11.1 Å². The summed E-state index contributed by atoms with van der Waals surface area (Å²) in [5, 5.41) is 2.67. The molecule has 0 fully saturated rings. The van der Waals surface area contributed by atoms with Gasteiger partial charge in [-0.1, -0.05) is 42.5 Å². The van der Waals surface area contributed by atoms with Gasteiger partial charge in [0, 0.05) is 12.1 Å². The van der Waals surface area contributed by atoms with Crippen LogP contribution in [0.5, 0.6) is 17.2 Å². The van der Waals surface area contributed by atoms with E-state index in [1.165, 1.54) is 6.08 Å². The molecule has 150 valence electrons. The van der Waals surface area contributed by atoms with Gasteiger partial charge in [0.05, 0.1) is 5.69 Å². The number of benzene rings is 3. The van der Waals surface area contributed by atoms with Crippen LogP contribution in [0.3, 0.4) is 0 Å². The number of ether oxygens (including phenoxy) is 3. The fraction of sp³-hybridized carbons (Fsp3) is 0.0833. The lowest BCUT2D eigenvalue weighted by Gasteiger charge is -2.18. The number of carbonyl (C=O) groups is 2. The summed E-state index contributed by atoms with van der Waals surface area (Å²) in [6.07, 6.45) is 2.99. The molecule has 0 atom stereocenters. The lowest BCUT2D eigenvalue weighted by Crippen LogP contribution is -2.25. The topological polar surface area (TPSA) is 73.9 Å². The summed E-state index contributed by atoms with van der Waals surface area (Å²) in [5.74, 6) is 0.778. The minimum absolute atomic E-state index is 0.0248. The van der Waals surface area contributed by atoms with Crippen molar-refractivity contribution in [2.45, 2.75) is 6.61 Å². The summed E-state index contributed by atoms with van der Waals surface area (Å²) < 4.78 is 16.4. The molecule has 0 aromatic heterocycles. The van der Waals surface area contributed by atoms with Gasteiger partial charge < -0.3 is 19.5 Å². The van der Waals surface area contributed by atoms with Crippen molar-refractivity contribution >= 4 is 23.6 Å². The zero-order chi connectivity index (χ0) is 20.8. The van der Waals surface area contributed by atoms with Crippen LogP contribution in [0.1, 0.15) is 11.1 Å². The molecule has 6 heteroatoms. The Bertz CT molecular complexity index is 1090. The minimum Gasteiger partial charge on any atom is -0.489 e. The standard InChI is InChI=1S/C24H19NO5/c26-23-16-29-22-11-10-20(14-21(22)25-23)30-24(27)12-9-17-7-4-8-19(13-17)28-15-18-5-2-1-3-6-18/h1-14H,15-16H2,(H,25,26)/b12-9+. The Hall–Kier alpha value is -4.06. The Morgan fingerprint density at radius 2 is 1.87 bits per heavy atom. The fourth-order valence-electron chi connectivity index (χ4n) is 2.89. The third-order valence-electron chi connectivity index (χ3n) is 4.32.